The molecule has 1 aliphatic rings. The topological polar surface area (TPSA) is 72.9 Å². The fourth-order valence-corrected chi connectivity index (χ4v) is 2.99. The summed E-state index contributed by atoms with van der Waals surface area (Å²) in [5.41, 5.74) is 8.36. The molecule has 22 heavy (non-hydrogen) atoms. The van der Waals surface area contributed by atoms with Crippen LogP contribution in [0.3, 0.4) is 0 Å². The number of hydrogen-bond acceptors (Lipinski definition) is 3. The number of nitrogens with zero attached hydrogens (tertiary/aromatic N) is 2. The van der Waals surface area contributed by atoms with E-state index in [1.165, 1.54) is 0 Å². The van der Waals surface area contributed by atoms with Gasteiger partial charge < -0.3 is 11.1 Å². The Labute approximate surface area is 130 Å². The van der Waals surface area contributed by atoms with Crippen LogP contribution in [0.5, 0.6) is 0 Å². The number of rotatable bonds is 3. The van der Waals surface area contributed by atoms with Crippen molar-refractivity contribution in [2.75, 3.05) is 0 Å². The van der Waals surface area contributed by atoms with Gasteiger partial charge in [0.2, 0.25) is 0 Å². The van der Waals surface area contributed by atoms with E-state index in [0.717, 1.165) is 37.1 Å². The highest BCUT2D eigenvalue weighted by molar-refractivity contribution is 5.95. The number of nitrogens with one attached hydrogen (secondary N) is 1. The fraction of sp³-hybridized carbons (Fsp3) is 0.412. The minimum Gasteiger partial charge on any atom is -0.349 e. The standard InChI is InChI=1S/C17H22N4O/c1-12-16(11-19-21(12)15-5-3-2-4-6-15)17(22)20-14-9-7-13(18)8-10-14/h2-6,11,13-14H,7-10,18H2,1H3,(H,20,22). The predicted octanol–water partition coefficient (Wildman–Crippen LogP) is 2.18. The van der Waals surface area contributed by atoms with Crippen molar-refractivity contribution < 1.29 is 4.79 Å². The van der Waals surface area contributed by atoms with E-state index in [-0.39, 0.29) is 18.0 Å². The molecule has 1 heterocycles. The Balaban J connectivity index is 1.73. The minimum atomic E-state index is -0.0415. The molecule has 0 aliphatic heterocycles. The first-order valence-corrected chi connectivity index (χ1v) is 7.81. The van der Waals surface area contributed by atoms with Gasteiger partial charge in [0.25, 0.3) is 5.91 Å². The van der Waals surface area contributed by atoms with E-state index in [9.17, 15) is 4.79 Å². The number of aromatic nitrogens is 2. The van der Waals surface area contributed by atoms with Gasteiger partial charge in [0.05, 0.1) is 23.1 Å². The van der Waals surface area contributed by atoms with E-state index in [2.05, 4.69) is 10.4 Å². The second-order valence-electron chi connectivity index (χ2n) is 5.98. The average Bonchev–Trinajstić information content (AvgIpc) is 2.92. The van der Waals surface area contributed by atoms with Gasteiger partial charge in [0.1, 0.15) is 0 Å². The molecular weight excluding hydrogens is 276 g/mol. The van der Waals surface area contributed by atoms with Gasteiger partial charge in [-0.25, -0.2) is 4.68 Å². The van der Waals surface area contributed by atoms with Gasteiger partial charge in [-0.15, -0.1) is 0 Å². The van der Waals surface area contributed by atoms with Crippen molar-refractivity contribution in [1.29, 1.82) is 0 Å². The molecule has 3 N–H and O–H groups in total. The first kappa shape index (κ1) is 14.8. The highest BCUT2D eigenvalue weighted by Gasteiger charge is 2.22. The molecule has 1 aromatic heterocycles. The van der Waals surface area contributed by atoms with E-state index >= 15 is 0 Å². The van der Waals surface area contributed by atoms with Crippen LogP contribution in [-0.4, -0.2) is 27.8 Å². The quantitative estimate of drug-likeness (QED) is 0.912. The van der Waals surface area contributed by atoms with Crippen molar-refractivity contribution in [2.45, 2.75) is 44.7 Å². The van der Waals surface area contributed by atoms with Crippen LogP contribution in [0.1, 0.15) is 41.7 Å². The van der Waals surface area contributed by atoms with Crippen molar-refractivity contribution in [3.8, 4) is 5.69 Å². The summed E-state index contributed by atoms with van der Waals surface area (Å²) < 4.78 is 1.80. The summed E-state index contributed by atoms with van der Waals surface area (Å²) in [5.74, 6) is -0.0415. The number of hydrogen-bond donors (Lipinski definition) is 2. The van der Waals surface area contributed by atoms with Crippen molar-refractivity contribution >= 4 is 5.91 Å². The number of carbonyl (C=O) groups excluding carboxylic acids is 1. The molecule has 1 saturated carbocycles. The highest BCUT2D eigenvalue weighted by atomic mass is 16.1. The monoisotopic (exact) mass is 298 g/mol. The van der Waals surface area contributed by atoms with Crippen LogP contribution < -0.4 is 11.1 Å². The maximum Gasteiger partial charge on any atom is 0.254 e. The molecule has 0 atom stereocenters. The Bertz CT molecular complexity index is 642. The van der Waals surface area contributed by atoms with E-state index in [0.29, 0.717) is 5.56 Å². The highest BCUT2D eigenvalue weighted by Crippen LogP contribution is 2.19. The van der Waals surface area contributed by atoms with Crippen molar-refractivity contribution in [1.82, 2.24) is 15.1 Å². The Kier molecular flexibility index (Phi) is 4.24. The average molecular weight is 298 g/mol. The molecule has 5 nitrogen and oxygen atoms in total. The molecule has 0 bridgehead atoms. The van der Waals surface area contributed by atoms with Crippen LogP contribution in [0.4, 0.5) is 0 Å². The molecule has 5 heteroatoms. The number of nitrogens with two attached hydrogens (primary N) is 1. The van der Waals surface area contributed by atoms with Gasteiger partial charge in [-0.2, -0.15) is 5.10 Å². The summed E-state index contributed by atoms with van der Waals surface area (Å²) >= 11 is 0. The van der Waals surface area contributed by atoms with Gasteiger partial charge in [-0.1, -0.05) is 18.2 Å². The molecule has 1 aromatic carbocycles. The number of benzene rings is 1. The van der Waals surface area contributed by atoms with Gasteiger partial charge >= 0.3 is 0 Å². The summed E-state index contributed by atoms with van der Waals surface area (Å²) in [7, 11) is 0. The maximum atomic E-state index is 12.5. The summed E-state index contributed by atoms with van der Waals surface area (Å²) in [6, 6.07) is 10.4. The second kappa shape index (κ2) is 6.32. The van der Waals surface area contributed by atoms with E-state index in [4.69, 9.17) is 5.73 Å². The van der Waals surface area contributed by atoms with Gasteiger partial charge in [-0.05, 0) is 44.7 Å². The van der Waals surface area contributed by atoms with Crippen molar-refractivity contribution in [3.63, 3.8) is 0 Å². The Morgan fingerprint density at radius 2 is 1.91 bits per heavy atom. The molecule has 1 fully saturated rings. The molecule has 0 spiro atoms. The molecule has 1 aliphatic carbocycles. The lowest BCUT2D eigenvalue weighted by molar-refractivity contribution is 0.0925. The zero-order chi connectivity index (χ0) is 15.5. The normalized spacial score (nSPS) is 21.5. The van der Waals surface area contributed by atoms with Crippen LogP contribution in [0.25, 0.3) is 5.69 Å². The lowest BCUT2D eigenvalue weighted by Gasteiger charge is -2.26. The lowest BCUT2D eigenvalue weighted by Crippen LogP contribution is -2.40. The Morgan fingerprint density at radius 3 is 2.59 bits per heavy atom. The van der Waals surface area contributed by atoms with E-state index < -0.39 is 0 Å². The predicted molar refractivity (Wildman–Crippen MR) is 86.0 cm³/mol. The minimum absolute atomic E-state index is 0.0415. The SMILES string of the molecule is Cc1c(C(=O)NC2CCC(N)CC2)cnn1-c1ccccc1. The van der Waals surface area contributed by atoms with Gasteiger partial charge in [-0.3, -0.25) is 4.79 Å². The summed E-state index contributed by atoms with van der Waals surface area (Å²) in [4.78, 5) is 12.5. The molecule has 0 radical (unpaired) electrons. The Morgan fingerprint density at radius 1 is 1.23 bits per heavy atom. The zero-order valence-electron chi connectivity index (χ0n) is 12.8. The first-order chi connectivity index (χ1) is 10.6. The second-order valence-corrected chi connectivity index (χ2v) is 5.98. The van der Waals surface area contributed by atoms with Crippen molar-refractivity contribution in [3.05, 3.63) is 47.8 Å². The first-order valence-electron chi connectivity index (χ1n) is 7.81. The van der Waals surface area contributed by atoms with Crippen LogP contribution in [-0.2, 0) is 0 Å². The number of carbonyl (C=O) groups is 1. The molecule has 0 unspecified atom stereocenters. The maximum absolute atomic E-state index is 12.5. The van der Waals surface area contributed by atoms with Gasteiger partial charge in [0.15, 0.2) is 0 Å². The third kappa shape index (κ3) is 3.04. The van der Waals surface area contributed by atoms with Crippen LogP contribution in [0.15, 0.2) is 36.5 Å². The fourth-order valence-electron chi connectivity index (χ4n) is 2.99. The van der Waals surface area contributed by atoms with Gasteiger partial charge in [0, 0.05) is 12.1 Å². The molecule has 0 saturated heterocycles. The van der Waals surface area contributed by atoms with E-state index in [1.807, 2.05) is 37.3 Å². The third-order valence-corrected chi connectivity index (χ3v) is 4.36. The smallest absolute Gasteiger partial charge is 0.254 e. The summed E-state index contributed by atoms with van der Waals surface area (Å²) in [6.07, 6.45) is 5.52. The number of para-hydroxylation sites is 1. The zero-order valence-corrected chi connectivity index (χ0v) is 12.8. The molecule has 116 valence electrons. The third-order valence-electron chi connectivity index (χ3n) is 4.36. The number of amides is 1. The van der Waals surface area contributed by atoms with Crippen LogP contribution in [0.2, 0.25) is 0 Å². The lowest BCUT2D eigenvalue weighted by atomic mass is 9.91. The summed E-state index contributed by atoms with van der Waals surface area (Å²) in [5, 5.41) is 7.46. The molecule has 1 amide bonds. The largest absolute Gasteiger partial charge is 0.349 e. The summed E-state index contributed by atoms with van der Waals surface area (Å²) in [6.45, 7) is 1.92. The van der Waals surface area contributed by atoms with Crippen LogP contribution in [0, 0.1) is 6.92 Å². The molecule has 2 aromatic rings. The Hall–Kier alpha value is -2.14. The molecular formula is C17H22N4O. The van der Waals surface area contributed by atoms with Crippen LogP contribution >= 0.6 is 0 Å². The van der Waals surface area contributed by atoms with E-state index in [1.54, 1.807) is 10.9 Å². The molecule has 3 rings (SSSR count). The van der Waals surface area contributed by atoms with Crippen molar-refractivity contribution in [2.24, 2.45) is 5.73 Å².